The van der Waals surface area contributed by atoms with E-state index in [1.54, 1.807) is 38.1 Å². The molecule has 1 rings (SSSR count). The Kier molecular flexibility index (Phi) is 4.89. The minimum Gasteiger partial charge on any atom is -0.293 e. The molecule has 0 aromatic heterocycles. The van der Waals surface area contributed by atoms with Crippen LogP contribution in [0, 0.1) is 0 Å². The summed E-state index contributed by atoms with van der Waals surface area (Å²) in [5.74, 6) is -0.789. The smallest absolute Gasteiger partial charge is 0.179 e. The van der Waals surface area contributed by atoms with E-state index in [0.29, 0.717) is 16.5 Å². The maximum Gasteiger partial charge on any atom is 0.179 e. The normalized spacial score (nSPS) is 13.4. The summed E-state index contributed by atoms with van der Waals surface area (Å²) in [7, 11) is -3.34. The van der Waals surface area contributed by atoms with Crippen molar-refractivity contribution in [1.29, 1.82) is 0 Å². The fourth-order valence-corrected chi connectivity index (χ4v) is 3.16. The maximum atomic E-state index is 11.9. The molecule has 17 heavy (non-hydrogen) atoms. The fourth-order valence-electron chi connectivity index (χ4n) is 1.34. The number of benzene rings is 1. The third-order valence-corrected chi connectivity index (χ3v) is 5.61. The maximum absolute atomic E-state index is 11.9. The number of hydrogen-bond donors (Lipinski definition) is 0. The van der Waals surface area contributed by atoms with E-state index in [1.807, 2.05) is 0 Å². The minimum absolute atomic E-state index is 0.363. The fraction of sp³-hybridized carbons (Fsp3) is 0.417. The van der Waals surface area contributed by atoms with Crippen molar-refractivity contribution >= 4 is 31.6 Å². The SMILES string of the molecule is CCC(C)S(=O)(=O)CC(=O)c1ccccc1Br. The van der Waals surface area contributed by atoms with Crippen molar-refractivity contribution in [2.45, 2.75) is 25.5 Å². The van der Waals surface area contributed by atoms with Crippen molar-refractivity contribution in [2.75, 3.05) is 5.75 Å². The van der Waals surface area contributed by atoms with E-state index in [0.717, 1.165) is 0 Å². The highest BCUT2D eigenvalue weighted by atomic mass is 79.9. The zero-order chi connectivity index (χ0) is 13.1. The van der Waals surface area contributed by atoms with Crippen molar-refractivity contribution < 1.29 is 13.2 Å². The average molecular weight is 319 g/mol. The molecule has 0 aliphatic rings. The van der Waals surface area contributed by atoms with Gasteiger partial charge < -0.3 is 0 Å². The molecule has 0 aliphatic carbocycles. The number of ketones is 1. The van der Waals surface area contributed by atoms with Crippen LogP contribution in [0.25, 0.3) is 0 Å². The lowest BCUT2D eigenvalue weighted by molar-refractivity contribution is 0.102. The highest BCUT2D eigenvalue weighted by molar-refractivity contribution is 9.10. The van der Waals surface area contributed by atoms with Gasteiger partial charge in [0.15, 0.2) is 15.6 Å². The number of hydrogen-bond acceptors (Lipinski definition) is 3. The predicted molar refractivity (Wildman–Crippen MR) is 72.0 cm³/mol. The van der Waals surface area contributed by atoms with Gasteiger partial charge >= 0.3 is 0 Å². The topological polar surface area (TPSA) is 51.2 Å². The van der Waals surface area contributed by atoms with Crippen molar-refractivity contribution in [3.63, 3.8) is 0 Å². The summed E-state index contributed by atoms with van der Waals surface area (Å²) in [5, 5.41) is -0.478. The molecule has 94 valence electrons. The molecule has 3 nitrogen and oxygen atoms in total. The van der Waals surface area contributed by atoms with Gasteiger partial charge in [-0.15, -0.1) is 0 Å². The van der Waals surface area contributed by atoms with Gasteiger partial charge in [-0.05, 0) is 19.4 Å². The Morgan fingerprint density at radius 2 is 1.94 bits per heavy atom. The molecule has 5 heteroatoms. The Labute approximate surface area is 110 Å². The van der Waals surface area contributed by atoms with Gasteiger partial charge in [0.1, 0.15) is 5.75 Å². The molecule has 0 saturated carbocycles. The van der Waals surface area contributed by atoms with Gasteiger partial charge in [0, 0.05) is 10.0 Å². The van der Waals surface area contributed by atoms with Crippen LogP contribution in [-0.4, -0.2) is 25.2 Å². The third-order valence-electron chi connectivity index (χ3n) is 2.69. The zero-order valence-electron chi connectivity index (χ0n) is 9.81. The Hall–Kier alpha value is -0.680. The van der Waals surface area contributed by atoms with Crippen molar-refractivity contribution in [3.05, 3.63) is 34.3 Å². The lowest BCUT2D eigenvalue weighted by atomic mass is 10.1. The minimum atomic E-state index is -3.34. The summed E-state index contributed by atoms with van der Waals surface area (Å²) in [6.45, 7) is 3.42. The Bertz CT molecular complexity index is 508. The van der Waals surface area contributed by atoms with Gasteiger partial charge in [-0.25, -0.2) is 8.42 Å². The summed E-state index contributed by atoms with van der Waals surface area (Å²) in [5.41, 5.74) is 0.416. The van der Waals surface area contributed by atoms with Crippen LogP contribution < -0.4 is 0 Å². The van der Waals surface area contributed by atoms with E-state index in [9.17, 15) is 13.2 Å². The lowest BCUT2D eigenvalue weighted by Gasteiger charge is -2.10. The van der Waals surface area contributed by atoms with Crippen LogP contribution in [0.1, 0.15) is 30.6 Å². The van der Waals surface area contributed by atoms with Crippen LogP contribution in [0.15, 0.2) is 28.7 Å². The molecule has 0 bridgehead atoms. The predicted octanol–water partition coefficient (Wildman–Crippen LogP) is 2.85. The molecule has 0 aliphatic heterocycles. The summed E-state index contributed by atoms with van der Waals surface area (Å²) in [4.78, 5) is 11.9. The zero-order valence-corrected chi connectivity index (χ0v) is 12.2. The number of Topliss-reactive ketones (excluding diaryl/α,β-unsaturated/α-hetero) is 1. The largest absolute Gasteiger partial charge is 0.293 e. The molecule has 0 spiro atoms. The second-order valence-electron chi connectivity index (χ2n) is 3.93. The summed E-state index contributed by atoms with van der Waals surface area (Å²) < 4.78 is 24.3. The summed E-state index contributed by atoms with van der Waals surface area (Å²) in [6.07, 6.45) is 0.519. The van der Waals surface area contributed by atoms with Crippen LogP contribution in [0.4, 0.5) is 0 Å². The van der Waals surface area contributed by atoms with E-state index in [1.165, 1.54) is 0 Å². The van der Waals surface area contributed by atoms with Crippen LogP contribution in [0.3, 0.4) is 0 Å². The molecule has 1 aromatic rings. The van der Waals surface area contributed by atoms with Crippen LogP contribution >= 0.6 is 15.9 Å². The molecular weight excluding hydrogens is 304 g/mol. The number of carbonyl (C=O) groups is 1. The van der Waals surface area contributed by atoms with Crippen molar-refractivity contribution in [3.8, 4) is 0 Å². The van der Waals surface area contributed by atoms with E-state index < -0.39 is 20.8 Å². The van der Waals surface area contributed by atoms with E-state index in [2.05, 4.69) is 15.9 Å². The standard InChI is InChI=1S/C12H15BrO3S/c1-3-9(2)17(15,16)8-12(14)10-6-4-5-7-11(10)13/h4-7,9H,3,8H2,1-2H3. The Balaban J connectivity index is 2.92. The van der Waals surface area contributed by atoms with Gasteiger partial charge in [-0.1, -0.05) is 41.1 Å². The monoisotopic (exact) mass is 318 g/mol. The third kappa shape index (κ3) is 3.64. The first-order chi connectivity index (χ1) is 7.88. The lowest BCUT2D eigenvalue weighted by Crippen LogP contribution is -2.25. The average Bonchev–Trinajstić information content (AvgIpc) is 2.27. The van der Waals surface area contributed by atoms with Crippen LogP contribution in [0.2, 0.25) is 0 Å². The van der Waals surface area contributed by atoms with Gasteiger partial charge in [0.25, 0.3) is 0 Å². The molecule has 0 fully saturated rings. The molecule has 0 heterocycles. The summed E-state index contributed by atoms with van der Waals surface area (Å²) in [6, 6.07) is 6.85. The quantitative estimate of drug-likeness (QED) is 0.784. The van der Waals surface area contributed by atoms with Crippen LogP contribution in [-0.2, 0) is 9.84 Å². The highest BCUT2D eigenvalue weighted by Gasteiger charge is 2.24. The molecule has 1 unspecified atom stereocenters. The highest BCUT2D eigenvalue weighted by Crippen LogP contribution is 2.18. The summed E-state index contributed by atoms with van der Waals surface area (Å²) >= 11 is 3.24. The van der Waals surface area contributed by atoms with Gasteiger partial charge in [-0.2, -0.15) is 0 Å². The Morgan fingerprint density at radius 1 is 1.35 bits per heavy atom. The van der Waals surface area contributed by atoms with E-state index in [4.69, 9.17) is 0 Å². The van der Waals surface area contributed by atoms with Crippen LogP contribution in [0.5, 0.6) is 0 Å². The first-order valence-electron chi connectivity index (χ1n) is 5.37. The van der Waals surface area contributed by atoms with Crippen molar-refractivity contribution in [2.24, 2.45) is 0 Å². The first kappa shape index (κ1) is 14.4. The van der Waals surface area contributed by atoms with E-state index in [-0.39, 0.29) is 5.78 Å². The number of sulfone groups is 1. The van der Waals surface area contributed by atoms with Gasteiger partial charge in [0.05, 0.1) is 5.25 Å². The van der Waals surface area contributed by atoms with E-state index >= 15 is 0 Å². The number of carbonyl (C=O) groups excluding carboxylic acids is 1. The van der Waals surface area contributed by atoms with Crippen molar-refractivity contribution in [1.82, 2.24) is 0 Å². The molecule has 0 saturated heterocycles. The molecule has 0 N–H and O–H groups in total. The number of rotatable bonds is 5. The second-order valence-corrected chi connectivity index (χ2v) is 7.20. The van der Waals surface area contributed by atoms with Gasteiger partial charge in [0.2, 0.25) is 0 Å². The Morgan fingerprint density at radius 3 is 2.47 bits per heavy atom. The number of halogens is 1. The molecule has 1 atom stereocenters. The van der Waals surface area contributed by atoms with Gasteiger partial charge in [-0.3, -0.25) is 4.79 Å². The second kappa shape index (κ2) is 5.78. The molecular formula is C12H15BrO3S. The molecule has 0 radical (unpaired) electrons. The first-order valence-corrected chi connectivity index (χ1v) is 7.88. The molecule has 1 aromatic carbocycles. The molecule has 0 amide bonds.